The van der Waals surface area contributed by atoms with Gasteiger partial charge in [-0.05, 0) is 65.2 Å². The topological polar surface area (TPSA) is 96.4 Å². The molecular formula is C30H48N2O6. The van der Waals surface area contributed by atoms with E-state index in [0.29, 0.717) is 38.6 Å². The Bertz CT molecular complexity index is 926. The number of likely N-dealkylation sites (tertiary alicyclic amines) is 1. The molecule has 38 heavy (non-hydrogen) atoms. The lowest BCUT2D eigenvalue weighted by atomic mass is 9.65. The van der Waals surface area contributed by atoms with Crippen LogP contribution < -0.4 is 0 Å². The number of unbranched alkanes of at least 4 members (excludes halogenated alkanes) is 1. The minimum absolute atomic E-state index is 0.186. The number of amides is 2. The molecule has 1 spiro atoms. The first-order valence-electron chi connectivity index (χ1n) is 14.2. The maximum atomic E-state index is 14.5. The van der Waals surface area contributed by atoms with Crippen molar-refractivity contribution in [2.75, 3.05) is 19.8 Å². The first kappa shape index (κ1) is 30.4. The number of aliphatic hydroxyl groups is 1. The maximum Gasteiger partial charge on any atom is 0.312 e. The lowest BCUT2D eigenvalue weighted by Gasteiger charge is -2.43. The summed E-state index contributed by atoms with van der Waals surface area (Å²) in [6.45, 7) is 19.7. The van der Waals surface area contributed by atoms with E-state index in [1.54, 1.807) is 22.0 Å². The first-order chi connectivity index (χ1) is 17.8. The number of ether oxygens (including phenoxy) is 2. The summed E-state index contributed by atoms with van der Waals surface area (Å²) in [5, 5.41) is 10.4. The highest BCUT2D eigenvalue weighted by atomic mass is 16.6. The second kappa shape index (κ2) is 11.5. The van der Waals surface area contributed by atoms with Crippen molar-refractivity contribution >= 4 is 17.8 Å². The summed E-state index contributed by atoms with van der Waals surface area (Å²) in [5.74, 6) is -2.40. The number of carbonyl (C=O) groups excluding carboxylic acids is 3. The molecule has 3 aliphatic rings. The van der Waals surface area contributed by atoms with Crippen LogP contribution in [0.4, 0.5) is 0 Å². The fraction of sp³-hybridized carbons (Fsp3) is 0.767. The van der Waals surface area contributed by atoms with E-state index in [0.717, 1.165) is 6.42 Å². The molecule has 2 amide bonds. The van der Waals surface area contributed by atoms with Gasteiger partial charge in [0.15, 0.2) is 0 Å². The van der Waals surface area contributed by atoms with E-state index in [-0.39, 0.29) is 30.9 Å². The number of hydrogen-bond acceptors (Lipinski definition) is 6. The summed E-state index contributed by atoms with van der Waals surface area (Å²) in [6.07, 6.45) is 6.97. The Balaban J connectivity index is 2.12. The summed E-state index contributed by atoms with van der Waals surface area (Å²) in [5.41, 5.74) is -2.54. The second-order valence-corrected chi connectivity index (χ2v) is 12.6. The molecule has 2 unspecified atom stereocenters. The number of aliphatic hydroxyl groups excluding tert-OH is 1. The van der Waals surface area contributed by atoms with Gasteiger partial charge in [-0.2, -0.15) is 0 Å². The van der Waals surface area contributed by atoms with E-state index in [2.05, 4.69) is 13.2 Å². The summed E-state index contributed by atoms with van der Waals surface area (Å²) in [4.78, 5) is 45.7. The van der Waals surface area contributed by atoms with Crippen LogP contribution in [0.5, 0.6) is 0 Å². The van der Waals surface area contributed by atoms with E-state index in [4.69, 9.17) is 9.47 Å². The number of hydrogen-bond donors (Lipinski definition) is 1. The first-order valence-corrected chi connectivity index (χ1v) is 14.2. The van der Waals surface area contributed by atoms with Crippen LogP contribution in [0.15, 0.2) is 25.3 Å². The van der Waals surface area contributed by atoms with Crippen molar-refractivity contribution in [2.45, 2.75) is 109 Å². The SMILES string of the molecule is C=CCCCOC(=O)[C@@H]1[C@H]2C(=O)N([C@@H](CO)CC(C)C)C(C(=O)N(CC=C)C(C)(C)C)C23CC[C@@]1(CC)O3. The molecule has 3 fully saturated rings. The third kappa shape index (κ3) is 5.06. The second-order valence-electron chi connectivity index (χ2n) is 12.6. The highest BCUT2D eigenvalue weighted by molar-refractivity contribution is 5.99. The van der Waals surface area contributed by atoms with Crippen molar-refractivity contribution in [3.05, 3.63) is 25.3 Å². The Morgan fingerprint density at radius 2 is 1.95 bits per heavy atom. The van der Waals surface area contributed by atoms with Crippen LogP contribution in [-0.4, -0.2) is 81.3 Å². The minimum Gasteiger partial charge on any atom is -0.465 e. The van der Waals surface area contributed by atoms with Crippen LogP contribution in [0.3, 0.4) is 0 Å². The zero-order valence-corrected chi connectivity index (χ0v) is 24.2. The van der Waals surface area contributed by atoms with Gasteiger partial charge in [0.05, 0.1) is 30.8 Å². The van der Waals surface area contributed by atoms with Gasteiger partial charge in [-0.25, -0.2) is 0 Å². The van der Waals surface area contributed by atoms with Gasteiger partial charge in [0.1, 0.15) is 17.6 Å². The molecule has 3 rings (SSSR count). The summed E-state index contributed by atoms with van der Waals surface area (Å²) in [6, 6.07) is -1.51. The molecule has 0 aromatic heterocycles. The molecular weight excluding hydrogens is 484 g/mol. The Morgan fingerprint density at radius 3 is 2.47 bits per heavy atom. The molecule has 6 atom stereocenters. The van der Waals surface area contributed by atoms with Gasteiger partial charge in [-0.15, -0.1) is 13.2 Å². The zero-order chi connectivity index (χ0) is 28.5. The molecule has 0 aliphatic carbocycles. The zero-order valence-electron chi connectivity index (χ0n) is 24.2. The van der Waals surface area contributed by atoms with Gasteiger partial charge in [-0.3, -0.25) is 14.4 Å². The van der Waals surface area contributed by atoms with Gasteiger partial charge < -0.3 is 24.4 Å². The molecule has 0 radical (unpaired) electrons. The van der Waals surface area contributed by atoms with Crippen LogP contribution in [0.1, 0.15) is 80.1 Å². The van der Waals surface area contributed by atoms with Crippen LogP contribution in [0, 0.1) is 17.8 Å². The fourth-order valence-corrected chi connectivity index (χ4v) is 6.97. The average Bonchev–Trinajstić information content (AvgIpc) is 3.46. The summed E-state index contributed by atoms with van der Waals surface area (Å²) < 4.78 is 12.5. The van der Waals surface area contributed by atoms with Crippen LogP contribution in [-0.2, 0) is 23.9 Å². The van der Waals surface area contributed by atoms with Crippen molar-refractivity contribution in [3.63, 3.8) is 0 Å². The predicted octanol–water partition coefficient (Wildman–Crippen LogP) is 3.87. The van der Waals surface area contributed by atoms with Crippen molar-refractivity contribution in [3.8, 4) is 0 Å². The molecule has 1 N–H and O–H groups in total. The number of carbonyl (C=O) groups is 3. The molecule has 8 nitrogen and oxygen atoms in total. The third-order valence-electron chi connectivity index (χ3n) is 8.64. The van der Waals surface area contributed by atoms with Crippen LogP contribution in [0.2, 0.25) is 0 Å². The van der Waals surface area contributed by atoms with E-state index in [1.165, 1.54) is 0 Å². The lowest BCUT2D eigenvalue weighted by molar-refractivity contribution is -0.165. The van der Waals surface area contributed by atoms with E-state index in [9.17, 15) is 19.5 Å². The van der Waals surface area contributed by atoms with Crippen molar-refractivity contribution in [1.29, 1.82) is 0 Å². The molecule has 2 bridgehead atoms. The Hall–Kier alpha value is -2.19. The molecule has 0 aromatic rings. The van der Waals surface area contributed by atoms with E-state index >= 15 is 0 Å². The van der Waals surface area contributed by atoms with Crippen molar-refractivity contribution in [2.24, 2.45) is 17.8 Å². The van der Waals surface area contributed by atoms with E-state index < -0.39 is 46.6 Å². The minimum atomic E-state index is -1.15. The largest absolute Gasteiger partial charge is 0.465 e. The molecule has 0 saturated carbocycles. The third-order valence-corrected chi connectivity index (χ3v) is 8.64. The highest BCUT2D eigenvalue weighted by Gasteiger charge is 2.79. The Labute approximate surface area is 228 Å². The predicted molar refractivity (Wildman–Crippen MR) is 146 cm³/mol. The number of rotatable bonds is 13. The lowest BCUT2D eigenvalue weighted by Crippen LogP contribution is -2.61. The standard InChI is InChI=1S/C30H48N2O6/c1-9-12-13-17-37-27(36)23-22-25(34)32(21(19-33)18-20(4)5)24(26(35)31(16-10-2)28(6,7)8)30(22)15-14-29(23,11-3)38-30/h9-10,20-24,33H,1-2,11-19H2,3-8H3/t21-,22+,23+,24?,29-,30?/m1/s1. The Morgan fingerprint density at radius 1 is 1.26 bits per heavy atom. The van der Waals surface area contributed by atoms with Gasteiger partial charge in [0.2, 0.25) is 11.8 Å². The van der Waals surface area contributed by atoms with Gasteiger partial charge in [-0.1, -0.05) is 32.9 Å². The quantitative estimate of drug-likeness (QED) is 0.220. The Kier molecular flexibility index (Phi) is 9.19. The van der Waals surface area contributed by atoms with Gasteiger partial charge in [0, 0.05) is 12.1 Å². The molecule has 0 aromatic carbocycles. The maximum absolute atomic E-state index is 14.5. The van der Waals surface area contributed by atoms with E-state index in [1.807, 2.05) is 41.5 Å². The normalized spacial score (nSPS) is 30.9. The highest BCUT2D eigenvalue weighted by Crippen LogP contribution is 2.65. The molecule has 8 heteroatoms. The summed E-state index contributed by atoms with van der Waals surface area (Å²) >= 11 is 0. The number of esters is 1. The summed E-state index contributed by atoms with van der Waals surface area (Å²) in [7, 11) is 0. The van der Waals surface area contributed by atoms with Crippen molar-refractivity contribution in [1.82, 2.24) is 9.80 Å². The van der Waals surface area contributed by atoms with Crippen LogP contribution >= 0.6 is 0 Å². The molecule has 3 saturated heterocycles. The van der Waals surface area contributed by atoms with Gasteiger partial charge in [0.25, 0.3) is 0 Å². The number of nitrogens with zero attached hydrogens (tertiary/aromatic N) is 2. The van der Waals surface area contributed by atoms with Crippen molar-refractivity contribution < 1.29 is 29.0 Å². The molecule has 3 aliphatic heterocycles. The molecule has 3 heterocycles. The fourth-order valence-electron chi connectivity index (χ4n) is 6.97. The number of fused-ring (bicyclic) bond motifs is 1. The smallest absolute Gasteiger partial charge is 0.312 e. The number of allylic oxidation sites excluding steroid dienone is 1. The average molecular weight is 533 g/mol. The monoisotopic (exact) mass is 532 g/mol. The van der Waals surface area contributed by atoms with Crippen LogP contribution in [0.25, 0.3) is 0 Å². The van der Waals surface area contributed by atoms with Gasteiger partial charge >= 0.3 is 5.97 Å². The molecule has 214 valence electrons.